The number of fused-ring (bicyclic) bond motifs is 3. The van der Waals surface area contributed by atoms with E-state index in [1.54, 1.807) is 0 Å². The highest BCUT2D eigenvalue weighted by Crippen LogP contribution is 2.49. The number of carbonyl (C=O) groups is 3. The van der Waals surface area contributed by atoms with Crippen molar-refractivity contribution in [2.24, 2.45) is 11.8 Å². The van der Waals surface area contributed by atoms with Crippen molar-refractivity contribution in [2.45, 2.75) is 52.6 Å². The van der Waals surface area contributed by atoms with Crippen LogP contribution in [0.2, 0.25) is 0 Å². The molecular weight excluding hydrogens is 324 g/mol. The zero-order valence-corrected chi connectivity index (χ0v) is 14.6. The standard InChI is InChI=1S/C19H22O6/c1-9-8-14(24-16(22)7-6-15(20)21)11(3)17-12(9)4-5-13-10(2)19(23)25-18(13)17/h8,10,13,18H,4-7H2,1-3H3,(H,20,21)/t10-,13-,18+/m0/s1. The van der Waals surface area contributed by atoms with Crippen LogP contribution in [0.25, 0.3) is 0 Å². The van der Waals surface area contributed by atoms with Gasteiger partial charge in [0.15, 0.2) is 0 Å². The van der Waals surface area contributed by atoms with Crippen LogP contribution in [0.1, 0.15) is 54.5 Å². The molecule has 3 rings (SSSR count). The van der Waals surface area contributed by atoms with E-state index in [4.69, 9.17) is 14.6 Å². The minimum Gasteiger partial charge on any atom is -0.481 e. The third-order valence-electron chi connectivity index (χ3n) is 5.35. The molecule has 1 N–H and O–H groups in total. The number of carbonyl (C=O) groups excluding carboxylic acids is 2. The number of carboxylic acid groups (broad SMARTS) is 1. The van der Waals surface area contributed by atoms with Crippen molar-refractivity contribution < 1.29 is 29.0 Å². The lowest BCUT2D eigenvalue weighted by Crippen LogP contribution is -2.23. The number of carboxylic acids is 1. The molecule has 1 aliphatic heterocycles. The molecule has 1 heterocycles. The maximum Gasteiger partial charge on any atom is 0.311 e. The molecule has 6 nitrogen and oxygen atoms in total. The Morgan fingerprint density at radius 1 is 1.32 bits per heavy atom. The van der Waals surface area contributed by atoms with Crippen molar-refractivity contribution in [3.05, 3.63) is 28.3 Å². The largest absolute Gasteiger partial charge is 0.481 e. The maximum absolute atomic E-state index is 12.0. The molecular formula is C19H22O6. The van der Waals surface area contributed by atoms with E-state index in [-0.39, 0.29) is 36.8 Å². The Kier molecular flexibility index (Phi) is 4.54. The Morgan fingerprint density at radius 2 is 2.04 bits per heavy atom. The van der Waals surface area contributed by atoms with Crippen molar-refractivity contribution in [1.82, 2.24) is 0 Å². The monoisotopic (exact) mass is 346 g/mol. The molecule has 0 saturated carbocycles. The Hall–Kier alpha value is -2.37. The quantitative estimate of drug-likeness (QED) is 0.666. The summed E-state index contributed by atoms with van der Waals surface area (Å²) in [5.41, 5.74) is 3.90. The van der Waals surface area contributed by atoms with Gasteiger partial charge >= 0.3 is 17.9 Å². The zero-order chi connectivity index (χ0) is 18.3. The molecule has 0 unspecified atom stereocenters. The molecule has 0 amide bonds. The van der Waals surface area contributed by atoms with Crippen molar-refractivity contribution in [3.63, 3.8) is 0 Å². The fourth-order valence-corrected chi connectivity index (χ4v) is 3.91. The highest BCUT2D eigenvalue weighted by molar-refractivity contribution is 5.79. The van der Waals surface area contributed by atoms with Gasteiger partial charge in [-0.25, -0.2) is 0 Å². The lowest BCUT2D eigenvalue weighted by molar-refractivity contribution is -0.144. The molecule has 2 aliphatic rings. The number of aliphatic carboxylic acids is 1. The summed E-state index contributed by atoms with van der Waals surface area (Å²) in [7, 11) is 0. The van der Waals surface area contributed by atoms with Crippen LogP contribution in [-0.2, 0) is 25.5 Å². The first-order valence-corrected chi connectivity index (χ1v) is 8.55. The van der Waals surface area contributed by atoms with E-state index in [2.05, 4.69) is 0 Å². The highest BCUT2D eigenvalue weighted by atomic mass is 16.6. The normalized spacial score (nSPS) is 24.3. The van der Waals surface area contributed by atoms with E-state index >= 15 is 0 Å². The first-order valence-electron chi connectivity index (χ1n) is 8.55. The Bertz CT molecular complexity index is 751. The van der Waals surface area contributed by atoms with E-state index in [1.807, 2.05) is 26.8 Å². The minimum atomic E-state index is -1.04. The average Bonchev–Trinajstić information content (AvgIpc) is 2.84. The Morgan fingerprint density at radius 3 is 2.72 bits per heavy atom. The second-order valence-corrected chi connectivity index (χ2v) is 6.93. The Labute approximate surface area is 146 Å². The van der Waals surface area contributed by atoms with Crippen molar-refractivity contribution in [1.29, 1.82) is 0 Å². The maximum atomic E-state index is 12.0. The Balaban J connectivity index is 1.92. The molecule has 1 saturated heterocycles. The van der Waals surface area contributed by atoms with Crippen molar-refractivity contribution in [3.8, 4) is 5.75 Å². The molecule has 1 fully saturated rings. The number of hydrogen-bond donors (Lipinski definition) is 1. The smallest absolute Gasteiger partial charge is 0.311 e. The number of hydrogen-bond acceptors (Lipinski definition) is 5. The van der Waals surface area contributed by atoms with E-state index in [1.165, 1.54) is 0 Å². The van der Waals surface area contributed by atoms with Gasteiger partial charge in [0.25, 0.3) is 0 Å². The van der Waals surface area contributed by atoms with E-state index in [0.717, 1.165) is 35.1 Å². The second-order valence-electron chi connectivity index (χ2n) is 6.93. The fraction of sp³-hybridized carbons (Fsp3) is 0.526. The third kappa shape index (κ3) is 3.13. The molecule has 134 valence electrons. The number of esters is 2. The van der Waals surface area contributed by atoms with Crippen molar-refractivity contribution >= 4 is 17.9 Å². The highest BCUT2D eigenvalue weighted by Gasteiger charge is 2.46. The van der Waals surface area contributed by atoms with E-state index < -0.39 is 11.9 Å². The molecule has 1 aromatic rings. The van der Waals surface area contributed by atoms with Crippen LogP contribution in [0.15, 0.2) is 6.07 Å². The molecule has 0 aromatic heterocycles. The lowest BCUT2D eigenvalue weighted by Gasteiger charge is -2.31. The summed E-state index contributed by atoms with van der Waals surface area (Å²) in [5.74, 6) is -1.35. The van der Waals surface area contributed by atoms with Gasteiger partial charge in [0, 0.05) is 11.5 Å². The number of aryl methyl sites for hydroxylation is 1. The second kappa shape index (κ2) is 6.50. The van der Waals surface area contributed by atoms with Gasteiger partial charge in [-0.1, -0.05) is 6.92 Å². The third-order valence-corrected chi connectivity index (χ3v) is 5.35. The number of ether oxygens (including phenoxy) is 2. The molecule has 0 spiro atoms. The van der Waals surface area contributed by atoms with Crippen molar-refractivity contribution in [2.75, 3.05) is 0 Å². The summed E-state index contributed by atoms with van der Waals surface area (Å²) < 4.78 is 11.0. The van der Waals surface area contributed by atoms with Gasteiger partial charge in [-0.05, 0) is 49.4 Å². The summed E-state index contributed by atoms with van der Waals surface area (Å²) in [5, 5.41) is 8.68. The first-order chi connectivity index (χ1) is 11.8. The van der Waals surface area contributed by atoms with Crippen LogP contribution in [0.5, 0.6) is 5.75 Å². The van der Waals surface area contributed by atoms with Gasteiger partial charge in [0.05, 0.1) is 18.8 Å². The number of benzene rings is 1. The van der Waals surface area contributed by atoms with Gasteiger partial charge in [0.1, 0.15) is 11.9 Å². The van der Waals surface area contributed by atoms with Crippen LogP contribution < -0.4 is 4.74 Å². The van der Waals surface area contributed by atoms with Crippen LogP contribution in [0.3, 0.4) is 0 Å². The molecule has 1 aromatic carbocycles. The lowest BCUT2D eigenvalue weighted by atomic mass is 9.74. The summed E-state index contributed by atoms with van der Waals surface area (Å²) in [6.45, 7) is 5.71. The minimum absolute atomic E-state index is 0.125. The van der Waals surface area contributed by atoms with E-state index in [0.29, 0.717) is 5.75 Å². The summed E-state index contributed by atoms with van der Waals surface area (Å²) in [6.07, 6.45) is 1.05. The van der Waals surface area contributed by atoms with E-state index in [9.17, 15) is 14.4 Å². The number of rotatable bonds is 4. The molecule has 6 heteroatoms. The molecule has 0 bridgehead atoms. The van der Waals surface area contributed by atoms with Crippen LogP contribution in [0, 0.1) is 25.7 Å². The van der Waals surface area contributed by atoms with Gasteiger partial charge in [-0.3, -0.25) is 14.4 Å². The molecule has 1 aliphatic carbocycles. The van der Waals surface area contributed by atoms with Gasteiger partial charge < -0.3 is 14.6 Å². The fourth-order valence-electron chi connectivity index (χ4n) is 3.91. The summed E-state index contributed by atoms with van der Waals surface area (Å²) in [4.78, 5) is 34.5. The van der Waals surface area contributed by atoms with Gasteiger partial charge in [-0.15, -0.1) is 0 Å². The van der Waals surface area contributed by atoms with Crippen LogP contribution >= 0.6 is 0 Å². The van der Waals surface area contributed by atoms with Gasteiger partial charge in [-0.2, -0.15) is 0 Å². The SMILES string of the molecule is Cc1cc(OC(=O)CCC(=O)O)c(C)c2c1CC[C@H]1[C@H](C)C(=O)O[C@@H]21. The van der Waals surface area contributed by atoms with Crippen LogP contribution in [0.4, 0.5) is 0 Å². The topological polar surface area (TPSA) is 89.9 Å². The van der Waals surface area contributed by atoms with Crippen LogP contribution in [-0.4, -0.2) is 23.0 Å². The predicted molar refractivity (Wildman–Crippen MR) is 88.2 cm³/mol. The average molecular weight is 346 g/mol. The summed E-state index contributed by atoms with van der Waals surface area (Å²) >= 11 is 0. The zero-order valence-electron chi connectivity index (χ0n) is 14.6. The first kappa shape index (κ1) is 17.5. The molecule has 25 heavy (non-hydrogen) atoms. The van der Waals surface area contributed by atoms with Gasteiger partial charge in [0.2, 0.25) is 0 Å². The molecule has 3 atom stereocenters. The molecule has 0 radical (unpaired) electrons. The predicted octanol–water partition coefficient (Wildman–Crippen LogP) is 2.87. The summed E-state index contributed by atoms with van der Waals surface area (Å²) in [6, 6.07) is 1.81.